The molecule has 0 fully saturated rings. The van der Waals surface area contributed by atoms with Crippen LogP contribution >= 0.6 is 0 Å². The fourth-order valence-corrected chi connectivity index (χ4v) is 0.362. The zero-order chi connectivity index (χ0) is 4.83. The molecule has 1 nitrogen and oxygen atoms in total. The van der Waals surface area contributed by atoms with Crippen molar-refractivity contribution in [3.05, 3.63) is 0 Å². The first-order valence-corrected chi connectivity index (χ1v) is 2.52. The molecule has 0 aliphatic rings. The quantitative estimate of drug-likeness (QED) is 0.641. The molecule has 0 rings (SSSR count). The van der Waals surface area contributed by atoms with Crippen LogP contribution in [0.3, 0.4) is 0 Å². The van der Waals surface area contributed by atoms with Crippen LogP contribution in [-0.2, 0) is 32.7 Å². The van der Waals surface area contributed by atoms with E-state index in [0.717, 1.165) is 12.8 Å². The number of rotatable bonds is 3. The molecule has 1 N–H and O–H groups in total. The fraction of sp³-hybridized carbons (Fsp3) is 1.00. The van der Waals surface area contributed by atoms with Crippen LogP contribution in [-0.4, -0.2) is 11.7 Å². The maximum atomic E-state index is 8.20. The number of hydrogen-bond donors (Lipinski definition) is 1. The molecule has 0 aromatic carbocycles. The van der Waals surface area contributed by atoms with Crippen LogP contribution in [0, 0.1) is 0 Å². The Balaban J connectivity index is 0. The molecular weight excluding hydrogens is 165 g/mol. The van der Waals surface area contributed by atoms with Crippen molar-refractivity contribution in [2.75, 3.05) is 6.61 Å². The van der Waals surface area contributed by atoms with Gasteiger partial charge in [0.15, 0.2) is 0 Å². The molecule has 0 saturated carbocycles. The predicted molar refractivity (Wildman–Crippen MR) is 26.6 cm³/mol. The van der Waals surface area contributed by atoms with Gasteiger partial charge in [0, 0.05) is 39.3 Å². The summed E-state index contributed by atoms with van der Waals surface area (Å²) in [5, 5.41) is 8.20. The second-order valence-corrected chi connectivity index (χ2v) is 1.43. The zero-order valence-electron chi connectivity index (χ0n) is 4.85. The molecule has 0 atom stereocenters. The summed E-state index contributed by atoms with van der Waals surface area (Å²) in [6, 6.07) is 0. The van der Waals surface area contributed by atoms with E-state index in [0.29, 0.717) is 6.61 Å². The molecule has 0 unspecified atom stereocenters. The summed E-state index contributed by atoms with van der Waals surface area (Å²) in [5.74, 6) is 0. The third-order valence-electron chi connectivity index (χ3n) is 0.762. The second-order valence-electron chi connectivity index (χ2n) is 1.43. The summed E-state index contributed by atoms with van der Waals surface area (Å²) >= 11 is 0. The van der Waals surface area contributed by atoms with Gasteiger partial charge < -0.3 is 5.11 Å². The van der Waals surface area contributed by atoms with Crippen LogP contribution in [0.4, 0.5) is 0 Å². The van der Waals surface area contributed by atoms with Crippen LogP contribution in [0.1, 0.15) is 26.2 Å². The molecule has 0 aliphatic heterocycles. The van der Waals surface area contributed by atoms with Crippen molar-refractivity contribution >= 4 is 0 Å². The van der Waals surface area contributed by atoms with Crippen LogP contribution in [0.5, 0.6) is 0 Å². The summed E-state index contributed by atoms with van der Waals surface area (Å²) in [5.41, 5.74) is 0. The molecule has 0 spiro atoms. The van der Waals surface area contributed by atoms with Crippen molar-refractivity contribution in [1.29, 1.82) is 0 Å². The van der Waals surface area contributed by atoms with Crippen LogP contribution < -0.4 is 0 Å². The van der Waals surface area contributed by atoms with Crippen LogP contribution in [0.25, 0.3) is 0 Å². The molecule has 0 aliphatic carbocycles. The Kier molecular flexibility index (Phi) is 15.8. The first kappa shape index (κ1) is 10.9. The minimum atomic E-state index is 0. The second kappa shape index (κ2) is 10.1. The Morgan fingerprint density at radius 3 is 2.00 bits per heavy atom. The largest absolute Gasteiger partial charge is 0.396 e. The predicted octanol–water partition coefficient (Wildman–Crippen LogP) is 1.17. The van der Waals surface area contributed by atoms with E-state index in [-0.39, 0.29) is 32.7 Å². The number of aliphatic hydroxyl groups is 1. The Bertz CT molecular complexity index is 20.0. The maximum absolute atomic E-state index is 8.20. The van der Waals surface area contributed by atoms with Gasteiger partial charge in [-0.3, -0.25) is 0 Å². The van der Waals surface area contributed by atoms with Crippen LogP contribution in [0.15, 0.2) is 0 Å². The normalized spacial score (nSPS) is 7.71. The Morgan fingerprint density at radius 1 is 1.29 bits per heavy atom. The maximum Gasteiger partial charge on any atom is 0.0431 e. The van der Waals surface area contributed by atoms with Gasteiger partial charge in [0.2, 0.25) is 0 Å². The van der Waals surface area contributed by atoms with E-state index in [9.17, 15) is 0 Å². The smallest absolute Gasteiger partial charge is 0.0431 e. The van der Waals surface area contributed by atoms with E-state index in [1.165, 1.54) is 6.42 Å². The minimum Gasteiger partial charge on any atom is -0.396 e. The average Bonchev–Trinajstić information content (AvgIpc) is 1.61. The Labute approximate surface area is 70.4 Å². The molecule has 0 amide bonds. The first-order valence-electron chi connectivity index (χ1n) is 2.52. The summed E-state index contributed by atoms with van der Waals surface area (Å²) in [7, 11) is 0. The molecule has 0 aromatic heterocycles. The SMILES string of the molecule is CCCCCO.[Y]. The van der Waals surface area contributed by atoms with E-state index in [1.54, 1.807) is 0 Å². The topological polar surface area (TPSA) is 20.2 Å². The minimum absolute atomic E-state index is 0. The van der Waals surface area contributed by atoms with Crippen molar-refractivity contribution in [2.45, 2.75) is 26.2 Å². The van der Waals surface area contributed by atoms with Gasteiger partial charge in [-0.2, -0.15) is 0 Å². The zero-order valence-corrected chi connectivity index (χ0v) is 7.69. The Morgan fingerprint density at radius 2 is 1.86 bits per heavy atom. The van der Waals surface area contributed by atoms with Gasteiger partial charge in [0.05, 0.1) is 0 Å². The van der Waals surface area contributed by atoms with Crippen molar-refractivity contribution in [3.8, 4) is 0 Å². The van der Waals surface area contributed by atoms with Gasteiger partial charge >= 0.3 is 0 Å². The standard InChI is InChI=1S/C5H12O.Y/c1-2-3-4-5-6;/h6H,2-5H2,1H3;. The first-order chi connectivity index (χ1) is 2.91. The third kappa shape index (κ3) is 11.0. The van der Waals surface area contributed by atoms with Crippen molar-refractivity contribution in [1.82, 2.24) is 0 Å². The van der Waals surface area contributed by atoms with E-state index < -0.39 is 0 Å². The summed E-state index contributed by atoms with van der Waals surface area (Å²) in [6.45, 7) is 2.48. The molecule has 0 bridgehead atoms. The van der Waals surface area contributed by atoms with Gasteiger partial charge in [0.25, 0.3) is 0 Å². The molecular formula is C5H12OY. The van der Waals surface area contributed by atoms with Crippen LogP contribution in [0.2, 0.25) is 0 Å². The third-order valence-corrected chi connectivity index (χ3v) is 0.762. The van der Waals surface area contributed by atoms with Gasteiger partial charge in [-0.15, -0.1) is 0 Å². The number of aliphatic hydroxyl groups excluding tert-OH is 1. The van der Waals surface area contributed by atoms with Crippen molar-refractivity contribution in [3.63, 3.8) is 0 Å². The van der Waals surface area contributed by atoms with Gasteiger partial charge in [-0.05, 0) is 6.42 Å². The van der Waals surface area contributed by atoms with Crippen molar-refractivity contribution in [2.24, 2.45) is 0 Å². The number of unbranched alkanes of at least 4 members (excludes halogenated alkanes) is 2. The molecule has 41 valence electrons. The van der Waals surface area contributed by atoms with E-state index in [1.807, 2.05) is 0 Å². The Hall–Kier alpha value is 1.06. The van der Waals surface area contributed by atoms with E-state index in [4.69, 9.17) is 5.11 Å². The molecule has 0 aromatic rings. The fourth-order valence-electron chi connectivity index (χ4n) is 0.362. The van der Waals surface area contributed by atoms with E-state index in [2.05, 4.69) is 6.92 Å². The molecule has 0 saturated heterocycles. The summed E-state index contributed by atoms with van der Waals surface area (Å²) < 4.78 is 0. The summed E-state index contributed by atoms with van der Waals surface area (Å²) in [4.78, 5) is 0. The number of hydrogen-bond acceptors (Lipinski definition) is 1. The van der Waals surface area contributed by atoms with Crippen molar-refractivity contribution < 1.29 is 37.8 Å². The van der Waals surface area contributed by atoms with E-state index >= 15 is 0 Å². The monoisotopic (exact) mass is 177 g/mol. The molecule has 1 radical (unpaired) electrons. The average molecular weight is 177 g/mol. The molecule has 2 heteroatoms. The molecule has 0 heterocycles. The summed E-state index contributed by atoms with van der Waals surface area (Å²) in [6.07, 6.45) is 3.33. The van der Waals surface area contributed by atoms with Gasteiger partial charge in [-0.25, -0.2) is 0 Å². The van der Waals surface area contributed by atoms with Gasteiger partial charge in [-0.1, -0.05) is 19.8 Å². The van der Waals surface area contributed by atoms with Gasteiger partial charge in [0.1, 0.15) is 0 Å². The molecule has 7 heavy (non-hydrogen) atoms.